The van der Waals surface area contributed by atoms with E-state index in [-0.39, 0.29) is 24.8 Å². The molecule has 3 heteroatoms. The zero-order chi connectivity index (χ0) is 17.7. The van der Waals surface area contributed by atoms with Gasteiger partial charge in [0.05, 0.1) is 0 Å². The van der Waals surface area contributed by atoms with E-state index in [1.807, 2.05) is 0 Å². The van der Waals surface area contributed by atoms with Crippen molar-refractivity contribution in [3.8, 4) is 0 Å². The fourth-order valence-corrected chi connectivity index (χ4v) is 3.07. The molecule has 0 N–H and O–H groups in total. The van der Waals surface area contributed by atoms with Crippen LogP contribution in [-0.2, 0) is 24.2 Å². The predicted molar refractivity (Wildman–Crippen MR) is 105 cm³/mol. The van der Waals surface area contributed by atoms with E-state index in [1.54, 1.807) is 0 Å². The maximum absolute atomic E-state index is 3.34. The van der Waals surface area contributed by atoms with E-state index in [9.17, 15) is 0 Å². The molecule has 0 fully saturated rings. The Morgan fingerprint density at radius 1 is 0.577 bits per heavy atom. The summed E-state index contributed by atoms with van der Waals surface area (Å²) in [6.07, 6.45) is 0. The van der Waals surface area contributed by atoms with Gasteiger partial charge in [0.15, 0.2) is 0 Å². The summed E-state index contributed by atoms with van der Waals surface area (Å²) < 4.78 is 3.34. The molecule has 0 aromatic heterocycles. The maximum Gasteiger partial charge on any atom is -1.00 e. The van der Waals surface area contributed by atoms with Crippen molar-refractivity contribution in [2.45, 2.75) is 27.7 Å². The second-order valence-electron chi connectivity index (χ2n) is 6.10. The molecule has 136 valence electrons. The predicted octanol–water partition coefficient (Wildman–Crippen LogP) is 0.324. The van der Waals surface area contributed by atoms with Crippen LogP contribution in [0.2, 0.25) is 0 Å². The number of rotatable bonds is 0. The number of hydrogen-bond acceptors (Lipinski definition) is 0. The standard InChI is InChI=1S/2C11H11.CH2.2ClH.Zr/c2*1-8-6-7-9(2)11-5-3-4-10(8)11;;;;/h2*3-7H,1-2H3;1H2;2*1H;/q2*-1;;;;+2/p-2. The molecule has 0 aliphatic rings. The van der Waals surface area contributed by atoms with Crippen molar-refractivity contribution in [1.82, 2.24) is 0 Å². The van der Waals surface area contributed by atoms with Crippen molar-refractivity contribution < 1.29 is 49.0 Å². The summed E-state index contributed by atoms with van der Waals surface area (Å²) in [6.45, 7) is 8.62. The van der Waals surface area contributed by atoms with E-state index in [4.69, 9.17) is 0 Å². The van der Waals surface area contributed by atoms with Gasteiger partial charge in [-0.25, -0.2) is 0 Å². The van der Waals surface area contributed by atoms with Crippen LogP contribution in [0.3, 0.4) is 0 Å². The molecule has 26 heavy (non-hydrogen) atoms. The molecule has 0 amide bonds. The molecular formula is C23H24Cl2Zr-2. The van der Waals surface area contributed by atoms with Gasteiger partial charge in [0, 0.05) is 0 Å². The second-order valence-corrected chi connectivity index (χ2v) is 6.10. The Kier molecular flexibility index (Phi) is 11.2. The fraction of sp³-hybridized carbons (Fsp3) is 0.174. The first-order chi connectivity index (χ1) is 11.6. The van der Waals surface area contributed by atoms with Crippen molar-refractivity contribution in [3.05, 3.63) is 82.9 Å². The van der Waals surface area contributed by atoms with Crippen LogP contribution >= 0.6 is 0 Å². The summed E-state index contributed by atoms with van der Waals surface area (Å²) >= 11 is 1.30. The third-order valence-electron chi connectivity index (χ3n) is 4.50. The number of halogens is 2. The molecule has 0 atom stereocenters. The average molecular weight is 463 g/mol. The van der Waals surface area contributed by atoms with Gasteiger partial charge >= 0.3 is 28.4 Å². The smallest absolute Gasteiger partial charge is 1.00 e. The number of aryl methyl sites for hydroxylation is 4. The Bertz CT molecular complexity index is 797. The van der Waals surface area contributed by atoms with Crippen LogP contribution < -0.4 is 24.8 Å². The van der Waals surface area contributed by atoms with Crippen molar-refractivity contribution in [1.29, 1.82) is 0 Å². The molecule has 4 aromatic carbocycles. The zero-order valence-electron chi connectivity index (χ0n) is 15.7. The number of hydrogen-bond donors (Lipinski definition) is 0. The van der Waals surface area contributed by atoms with E-state index in [2.05, 4.69) is 92.6 Å². The molecule has 0 saturated carbocycles. The summed E-state index contributed by atoms with van der Waals surface area (Å²) in [7, 11) is 0. The topological polar surface area (TPSA) is 0 Å². The number of benzene rings is 2. The molecule has 0 aliphatic carbocycles. The van der Waals surface area contributed by atoms with E-state index in [0.29, 0.717) is 0 Å². The van der Waals surface area contributed by atoms with E-state index in [1.165, 1.54) is 68.0 Å². The molecule has 0 nitrogen and oxygen atoms in total. The summed E-state index contributed by atoms with van der Waals surface area (Å²) in [5, 5.41) is 5.57. The molecule has 0 bridgehead atoms. The van der Waals surface area contributed by atoms with Gasteiger partial charge in [-0.2, -0.15) is 24.3 Å². The molecule has 0 aliphatic heterocycles. The first-order valence-corrected chi connectivity index (χ1v) is 9.90. The summed E-state index contributed by atoms with van der Waals surface area (Å²) in [6, 6.07) is 21.7. The SMILES string of the molecule is Cc1ccc(C)c2[cH-]ccc12.Cc1ccc(C)c2[cH-]ccc12.[CH2]=[Zr+2].[Cl-].[Cl-]. The van der Waals surface area contributed by atoms with Crippen molar-refractivity contribution >= 4 is 25.8 Å². The van der Waals surface area contributed by atoms with Crippen LogP contribution in [0.5, 0.6) is 0 Å². The molecule has 0 saturated heterocycles. The Hall–Kier alpha value is -1.01. The zero-order valence-corrected chi connectivity index (χ0v) is 19.7. The summed E-state index contributed by atoms with van der Waals surface area (Å²) in [4.78, 5) is 0. The molecule has 4 rings (SSSR count). The monoisotopic (exact) mass is 460 g/mol. The molecule has 0 heterocycles. The minimum absolute atomic E-state index is 0. The summed E-state index contributed by atoms with van der Waals surface area (Å²) in [5.74, 6) is 0. The van der Waals surface area contributed by atoms with Crippen LogP contribution in [0.4, 0.5) is 0 Å². The van der Waals surface area contributed by atoms with E-state index in [0.717, 1.165) is 0 Å². The molecular weight excluding hydrogens is 438 g/mol. The van der Waals surface area contributed by atoms with Crippen molar-refractivity contribution in [2.24, 2.45) is 0 Å². The van der Waals surface area contributed by atoms with Gasteiger partial charge in [0.25, 0.3) is 0 Å². The van der Waals surface area contributed by atoms with Gasteiger partial charge in [-0.05, 0) is 13.8 Å². The van der Waals surface area contributed by atoms with Gasteiger partial charge in [-0.3, -0.25) is 0 Å². The molecule has 0 unspecified atom stereocenters. The van der Waals surface area contributed by atoms with Crippen LogP contribution in [0.15, 0.2) is 60.7 Å². The Labute approximate surface area is 184 Å². The van der Waals surface area contributed by atoms with Crippen LogP contribution in [0.25, 0.3) is 21.5 Å². The van der Waals surface area contributed by atoms with Gasteiger partial charge in [-0.15, -0.1) is 56.9 Å². The normalized spacial score (nSPS) is 9.31. The third kappa shape index (κ3) is 5.49. The first-order valence-electron chi connectivity index (χ1n) is 8.16. The Morgan fingerprint density at radius 3 is 1.19 bits per heavy atom. The van der Waals surface area contributed by atoms with Gasteiger partial charge < -0.3 is 24.8 Å². The van der Waals surface area contributed by atoms with Gasteiger partial charge in [-0.1, -0.05) is 37.1 Å². The molecule has 0 spiro atoms. The minimum atomic E-state index is 0. The largest absolute Gasteiger partial charge is 1.00 e. The van der Waals surface area contributed by atoms with Gasteiger partial charge in [0.1, 0.15) is 0 Å². The van der Waals surface area contributed by atoms with Crippen LogP contribution in [0.1, 0.15) is 22.3 Å². The van der Waals surface area contributed by atoms with Gasteiger partial charge in [0.2, 0.25) is 0 Å². The molecule has 0 radical (unpaired) electrons. The fourth-order valence-electron chi connectivity index (χ4n) is 3.07. The molecule has 4 aromatic rings. The maximum atomic E-state index is 3.34. The quantitative estimate of drug-likeness (QED) is 0.331. The Balaban J connectivity index is 0.000000410. The minimum Gasteiger partial charge on any atom is -1.00 e. The van der Waals surface area contributed by atoms with Crippen LogP contribution in [0, 0.1) is 27.7 Å². The average Bonchev–Trinajstić information content (AvgIpc) is 3.27. The third-order valence-corrected chi connectivity index (χ3v) is 4.50. The van der Waals surface area contributed by atoms with Crippen LogP contribution in [-0.4, -0.2) is 4.21 Å². The number of fused-ring (bicyclic) bond motifs is 2. The van der Waals surface area contributed by atoms with E-state index >= 15 is 0 Å². The van der Waals surface area contributed by atoms with Crippen molar-refractivity contribution in [2.75, 3.05) is 0 Å². The Morgan fingerprint density at radius 2 is 0.885 bits per heavy atom. The van der Waals surface area contributed by atoms with Crippen molar-refractivity contribution in [3.63, 3.8) is 0 Å². The second kappa shape index (κ2) is 11.7. The van der Waals surface area contributed by atoms with E-state index < -0.39 is 0 Å². The summed E-state index contributed by atoms with van der Waals surface area (Å²) in [5.41, 5.74) is 5.48. The first kappa shape index (κ1) is 25.0.